The molecule has 2 rings (SSSR count). The average Bonchev–Trinajstić information content (AvgIpc) is 2.61. The SMILES string of the molecule is CC1(C)C(=O)NCCN1C(=O)c1sc(F)cc1Br. The highest BCUT2D eigenvalue weighted by molar-refractivity contribution is 9.10. The Kier molecular flexibility index (Phi) is 3.46. The third-order valence-corrected chi connectivity index (χ3v) is 4.75. The standard InChI is InChI=1S/C11H12BrFN2O2S/c1-11(2)10(17)14-3-4-15(11)9(16)8-6(12)5-7(13)18-8/h5H,3-4H2,1-2H3,(H,14,17). The average molecular weight is 335 g/mol. The smallest absolute Gasteiger partial charge is 0.266 e. The Morgan fingerprint density at radius 2 is 2.28 bits per heavy atom. The summed E-state index contributed by atoms with van der Waals surface area (Å²) < 4.78 is 13.6. The molecule has 1 N–H and O–H groups in total. The number of amides is 2. The summed E-state index contributed by atoms with van der Waals surface area (Å²) in [4.78, 5) is 25.9. The van der Waals surface area contributed by atoms with Gasteiger partial charge in [0.2, 0.25) is 5.91 Å². The Balaban J connectivity index is 2.33. The van der Waals surface area contributed by atoms with E-state index in [-0.39, 0.29) is 16.7 Å². The van der Waals surface area contributed by atoms with Crippen LogP contribution in [0, 0.1) is 5.13 Å². The van der Waals surface area contributed by atoms with Crippen LogP contribution in [0.1, 0.15) is 23.5 Å². The van der Waals surface area contributed by atoms with E-state index in [1.54, 1.807) is 13.8 Å². The number of thiophene rings is 1. The van der Waals surface area contributed by atoms with Gasteiger partial charge in [-0.15, -0.1) is 0 Å². The number of halogens is 2. The Labute approximate surface area is 116 Å². The van der Waals surface area contributed by atoms with Crippen LogP contribution in [0.5, 0.6) is 0 Å². The fourth-order valence-corrected chi connectivity index (χ4v) is 3.35. The van der Waals surface area contributed by atoms with Gasteiger partial charge in [-0.1, -0.05) is 11.3 Å². The monoisotopic (exact) mass is 334 g/mol. The largest absolute Gasteiger partial charge is 0.352 e. The molecule has 0 atom stereocenters. The Hall–Kier alpha value is -0.950. The molecule has 2 amide bonds. The molecule has 18 heavy (non-hydrogen) atoms. The van der Waals surface area contributed by atoms with E-state index in [2.05, 4.69) is 21.2 Å². The van der Waals surface area contributed by atoms with E-state index in [1.165, 1.54) is 11.0 Å². The van der Waals surface area contributed by atoms with Gasteiger partial charge < -0.3 is 10.2 Å². The number of carbonyl (C=O) groups excluding carboxylic acids is 2. The van der Waals surface area contributed by atoms with Crippen molar-refractivity contribution in [2.45, 2.75) is 19.4 Å². The summed E-state index contributed by atoms with van der Waals surface area (Å²) in [5.74, 6) is -0.522. The van der Waals surface area contributed by atoms with E-state index in [0.717, 1.165) is 11.3 Å². The molecule has 1 saturated heterocycles. The van der Waals surface area contributed by atoms with Gasteiger partial charge >= 0.3 is 0 Å². The van der Waals surface area contributed by atoms with Crippen LogP contribution < -0.4 is 5.32 Å². The molecule has 0 aliphatic carbocycles. The lowest BCUT2D eigenvalue weighted by atomic mass is 9.98. The highest BCUT2D eigenvalue weighted by atomic mass is 79.9. The first-order valence-electron chi connectivity index (χ1n) is 5.39. The van der Waals surface area contributed by atoms with Crippen LogP contribution >= 0.6 is 27.3 Å². The lowest BCUT2D eigenvalue weighted by Crippen LogP contribution is -2.63. The van der Waals surface area contributed by atoms with Gasteiger partial charge in [-0.2, -0.15) is 4.39 Å². The van der Waals surface area contributed by atoms with Crippen molar-refractivity contribution < 1.29 is 14.0 Å². The molecule has 1 fully saturated rings. The van der Waals surface area contributed by atoms with E-state index in [9.17, 15) is 14.0 Å². The first-order valence-corrected chi connectivity index (χ1v) is 7.00. The van der Waals surface area contributed by atoms with Crippen LogP contribution in [0.4, 0.5) is 4.39 Å². The molecule has 1 aromatic rings. The Morgan fingerprint density at radius 3 is 2.83 bits per heavy atom. The summed E-state index contributed by atoms with van der Waals surface area (Å²) >= 11 is 3.94. The zero-order valence-electron chi connectivity index (χ0n) is 9.92. The van der Waals surface area contributed by atoms with Crippen molar-refractivity contribution in [1.29, 1.82) is 0 Å². The van der Waals surface area contributed by atoms with E-state index in [1.807, 2.05) is 0 Å². The number of nitrogens with one attached hydrogen (secondary N) is 1. The van der Waals surface area contributed by atoms with Crippen molar-refractivity contribution in [3.63, 3.8) is 0 Å². The quantitative estimate of drug-likeness (QED) is 0.853. The molecule has 0 radical (unpaired) electrons. The minimum absolute atomic E-state index is 0.199. The molecular weight excluding hydrogens is 323 g/mol. The Bertz CT molecular complexity index is 515. The van der Waals surface area contributed by atoms with Crippen molar-refractivity contribution in [3.8, 4) is 0 Å². The van der Waals surface area contributed by atoms with Crippen molar-refractivity contribution in [3.05, 3.63) is 20.5 Å². The van der Waals surface area contributed by atoms with Gasteiger partial charge in [0, 0.05) is 23.6 Å². The molecule has 0 bridgehead atoms. The van der Waals surface area contributed by atoms with Crippen LogP contribution in [0.25, 0.3) is 0 Å². The highest BCUT2D eigenvalue weighted by Gasteiger charge is 2.41. The Morgan fingerprint density at radius 1 is 1.61 bits per heavy atom. The van der Waals surface area contributed by atoms with Crippen LogP contribution in [-0.2, 0) is 4.79 Å². The maximum absolute atomic E-state index is 13.1. The molecule has 7 heteroatoms. The highest BCUT2D eigenvalue weighted by Crippen LogP contribution is 2.30. The maximum Gasteiger partial charge on any atom is 0.266 e. The van der Waals surface area contributed by atoms with Gasteiger partial charge in [-0.25, -0.2) is 0 Å². The molecule has 1 aliphatic rings. The minimum Gasteiger partial charge on any atom is -0.352 e. The molecule has 1 aromatic heterocycles. The first-order chi connectivity index (χ1) is 8.34. The van der Waals surface area contributed by atoms with Crippen molar-refractivity contribution >= 4 is 39.1 Å². The molecule has 2 heterocycles. The summed E-state index contributed by atoms with van der Waals surface area (Å²) in [5, 5.41) is 2.29. The summed E-state index contributed by atoms with van der Waals surface area (Å²) in [5.41, 5.74) is -0.921. The number of nitrogens with zero attached hydrogens (tertiary/aromatic N) is 1. The van der Waals surface area contributed by atoms with Gasteiger partial charge in [0.05, 0.1) is 0 Å². The van der Waals surface area contributed by atoms with Crippen LogP contribution in [0.15, 0.2) is 10.5 Å². The van der Waals surface area contributed by atoms with Crippen molar-refractivity contribution in [1.82, 2.24) is 10.2 Å². The number of piperazine rings is 1. The second-order valence-electron chi connectivity index (χ2n) is 4.50. The lowest BCUT2D eigenvalue weighted by molar-refractivity contribution is -0.133. The first kappa shape index (κ1) is 13.5. The fraction of sp³-hybridized carbons (Fsp3) is 0.455. The molecule has 4 nitrogen and oxygen atoms in total. The van der Waals surface area contributed by atoms with Crippen LogP contribution in [0.3, 0.4) is 0 Å². The third-order valence-electron chi connectivity index (χ3n) is 2.95. The van der Waals surface area contributed by atoms with E-state index >= 15 is 0 Å². The molecule has 0 aromatic carbocycles. The van der Waals surface area contributed by atoms with E-state index in [4.69, 9.17) is 0 Å². The van der Waals surface area contributed by atoms with Gasteiger partial charge in [0.1, 0.15) is 10.4 Å². The summed E-state index contributed by atoms with van der Waals surface area (Å²) in [6.45, 7) is 4.19. The second kappa shape index (κ2) is 4.62. The summed E-state index contributed by atoms with van der Waals surface area (Å²) in [7, 11) is 0. The van der Waals surface area contributed by atoms with Gasteiger partial charge in [0.15, 0.2) is 5.13 Å². The van der Waals surface area contributed by atoms with E-state index in [0.29, 0.717) is 17.6 Å². The zero-order valence-corrected chi connectivity index (χ0v) is 12.3. The number of hydrogen-bond acceptors (Lipinski definition) is 3. The van der Waals surface area contributed by atoms with E-state index < -0.39 is 10.7 Å². The summed E-state index contributed by atoms with van der Waals surface area (Å²) in [6, 6.07) is 1.26. The predicted octanol–water partition coefficient (Wildman–Crippen LogP) is 2.00. The second-order valence-corrected chi connectivity index (χ2v) is 6.36. The number of rotatable bonds is 1. The number of carbonyl (C=O) groups is 2. The molecule has 98 valence electrons. The molecular formula is C11H12BrFN2O2S. The normalized spacial score (nSPS) is 18.7. The predicted molar refractivity (Wildman–Crippen MR) is 70.1 cm³/mol. The van der Waals surface area contributed by atoms with Crippen molar-refractivity contribution in [2.24, 2.45) is 0 Å². The minimum atomic E-state index is -0.921. The molecule has 0 unspecified atom stereocenters. The molecule has 0 spiro atoms. The maximum atomic E-state index is 13.1. The lowest BCUT2D eigenvalue weighted by Gasteiger charge is -2.40. The molecule has 1 aliphatic heterocycles. The van der Waals surface area contributed by atoms with Gasteiger partial charge in [-0.3, -0.25) is 9.59 Å². The summed E-state index contributed by atoms with van der Waals surface area (Å²) in [6.07, 6.45) is 0. The zero-order chi connectivity index (χ0) is 13.5. The van der Waals surface area contributed by atoms with Gasteiger partial charge in [-0.05, 0) is 29.8 Å². The number of hydrogen-bond donors (Lipinski definition) is 1. The van der Waals surface area contributed by atoms with Crippen LogP contribution in [0.2, 0.25) is 0 Å². The van der Waals surface area contributed by atoms with Gasteiger partial charge in [0.25, 0.3) is 5.91 Å². The third kappa shape index (κ3) is 2.16. The van der Waals surface area contributed by atoms with Crippen LogP contribution in [-0.4, -0.2) is 35.3 Å². The fourth-order valence-electron chi connectivity index (χ4n) is 1.86. The van der Waals surface area contributed by atoms with Crippen molar-refractivity contribution in [2.75, 3.05) is 13.1 Å². The molecule has 0 saturated carbocycles. The topological polar surface area (TPSA) is 49.4 Å².